The molecule has 0 amide bonds. The monoisotopic (exact) mass is 484 g/mol. The molecule has 0 spiro atoms. The molecule has 36 heavy (non-hydrogen) atoms. The Morgan fingerprint density at radius 1 is 1.03 bits per heavy atom. The summed E-state index contributed by atoms with van der Waals surface area (Å²) >= 11 is 0. The van der Waals surface area contributed by atoms with Crippen LogP contribution in [-0.4, -0.2) is 65.2 Å². The lowest BCUT2D eigenvalue weighted by Gasteiger charge is -2.34. The van der Waals surface area contributed by atoms with E-state index in [1.165, 1.54) is 12.4 Å². The molecule has 1 N–H and O–H groups in total. The van der Waals surface area contributed by atoms with Gasteiger partial charge in [-0.15, -0.1) is 0 Å². The fraction of sp³-hybridized carbons (Fsp3) is 0.259. The number of benzene rings is 2. The lowest BCUT2D eigenvalue weighted by Crippen LogP contribution is -2.44. The van der Waals surface area contributed by atoms with Crippen LogP contribution < -0.4 is 15.6 Å². The van der Waals surface area contributed by atoms with Gasteiger partial charge in [-0.05, 0) is 44.3 Å². The van der Waals surface area contributed by atoms with E-state index in [-0.39, 0.29) is 17.6 Å². The summed E-state index contributed by atoms with van der Waals surface area (Å²) in [5.74, 6) is -0.317. The minimum atomic E-state index is -0.669. The van der Waals surface area contributed by atoms with Crippen LogP contribution in [0, 0.1) is 0 Å². The number of rotatable bonds is 6. The van der Waals surface area contributed by atoms with Crippen LogP contribution in [0.1, 0.15) is 17.3 Å². The number of carbonyl (C=O) groups excluding carboxylic acids is 1. The van der Waals surface area contributed by atoms with Crippen LogP contribution in [0.5, 0.6) is 0 Å². The molecule has 0 radical (unpaired) electrons. The van der Waals surface area contributed by atoms with Gasteiger partial charge in [0.25, 0.3) is 0 Å². The molecule has 2 aromatic heterocycles. The van der Waals surface area contributed by atoms with E-state index in [4.69, 9.17) is 4.74 Å². The smallest absolute Gasteiger partial charge is 0.343 e. The lowest BCUT2D eigenvalue weighted by atomic mass is 10.2. The first kappa shape index (κ1) is 23.5. The van der Waals surface area contributed by atoms with E-state index in [0.717, 1.165) is 43.2 Å². The van der Waals surface area contributed by atoms with Crippen molar-refractivity contribution in [1.29, 1.82) is 0 Å². The van der Waals surface area contributed by atoms with Gasteiger partial charge in [0.1, 0.15) is 5.56 Å². The normalized spacial score (nSPS) is 14.1. The van der Waals surface area contributed by atoms with Crippen LogP contribution in [0.4, 0.5) is 17.3 Å². The number of hydrogen-bond acceptors (Lipinski definition) is 8. The number of esters is 1. The number of para-hydroxylation sites is 1. The number of nitrogens with one attached hydrogen (secondary N) is 1. The number of nitrogens with zero attached hydrogens (tertiary/aromatic N) is 5. The average molecular weight is 485 g/mol. The van der Waals surface area contributed by atoms with Gasteiger partial charge in [-0.3, -0.25) is 4.79 Å². The van der Waals surface area contributed by atoms with E-state index in [2.05, 4.69) is 44.3 Å². The largest absolute Gasteiger partial charge is 0.462 e. The zero-order valence-electron chi connectivity index (χ0n) is 20.3. The van der Waals surface area contributed by atoms with E-state index >= 15 is 0 Å². The van der Waals surface area contributed by atoms with Crippen molar-refractivity contribution in [2.75, 3.05) is 50.1 Å². The summed E-state index contributed by atoms with van der Waals surface area (Å²) in [6, 6.07) is 17.6. The van der Waals surface area contributed by atoms with Crippen molar-refractivity contribution in [3.05, 3.63) is 82.8 Å². The number of hydrogen-bond donors (Lipinski definition) is 1. The van der Waals surface area contributed by atoms with Crippen LogP contribution >= 0.6 is 0 Å². The molecule has 9 nitrogen and oxygen atoms in total. The quantitative estimate of drug-likeness (QED) is 0.416. The fourth-order valence-corrected chi connectivity index (χ4v) is 4.28. The summed E-state index contributed by atoms with van der Waals surface area (Å²) in [5, 5.41) is 3.51. The molecule has 0 bridgehead atoms. The molecule has 2 aromatic carbocycles. The second-order valence-electron chi connectivity index (χ2n) is 8.69. The number of carbonyl (C=O) groups is 1. The standard InChI is InChI=1S/C27H28N6O3/c1-3-36-26(35)23-18-33(20-9-5-4-6-10-20)25-22(24(23)34)17-28-27(30-25)29-19-8-7-11-21(16-19)32-14-12-31(2)13-15-32/h4-11,16-18H,3,12-15H2,1-2H3,(H,28,29,30). The van der Waals surface area contributed by atoms with Gasteiger partial charge in [-0.1, -0.05) is 24.3 Å². The molecule has 1 saturated heterocycles. The Hall–Kier alpha value is -4.24. The van der Waals surface area contributed by atoms with Gasteiger partial charge in [-0.2, -0.15) is 4.98 Å². The number of aromatic nitrogens is 3. The molecule has 0 aliphatic carbocycles. The van der Waals surface area contributed by atoms with Gasteiger partial charge in [0.15, 0.2) is 5.65 Å². The molecule has 0 saturated carbocycles. The number of likely N-dealkylation sites (N-methyl/N-ethyl adjacent to an activating group) is 1. The molecule has 184 valence electrons. The first-order chi connectivity index (χ1) is 17.5. The summed E-state index contributed by atoms with van der Waals surface area (Å²) in [5.41, 5.74) is 2.62. The van der Waals surface area contributed by atoms with Crippen LogP contribution in [0.3, 0.4) is 0 Å². The van der Waals surface area contributed by atoms with E-state index in [1.807, 2.05) is 42.5 Å². The molecule has 1 aliphatic heterocycles. The molecule has 4 aromatic rings. The van der Waals surface area contributed by atoms with Crippen molar-refractivity contribution in [3.8, 4) is 5.69 Å². The fourth-order valence-electron chi connectivity index (χ4n) is 4.28. The van der Waals surface area contributed by atoms with E-state index < -0.39 is 11.4 Å². The second kappa shape index (κ2) is 10.2. The van der Waals surface area contributed by atoms with Gasteiger partial charge in [0.05, 0.1) is 12.0 Å². The van der Waals surface area contributed by atoms with Crippen molar-refractivity contribution < 1.29 is 9.53 Å². The number of piperazine rings is 1. The van der Waals surface area contributed by atoms with Crippen LogP contribution in [0.15, 0.2) is 71.8 Å². The highest BCUT2D eigenvalue weighted by molar-refractivity contribution is 5.93. The van der Waals surface area contributed by atoms with Crippen LogP contribution in [0.2, 0.25) is 0 Å². The van der Waals surface area contributed by atoms with Gasteiger partial charge < -0.3 is 24.4 Å². The van der Waals surface area contributed by atoms with Crippen molar-refractivity contribution in [2.24, 2.45) is 0 Å². The summed E-state index contributed by atoms with van der Waals surface area (Å²) in [6.07, 6.45) is 2.95. The molecule has 5 rings (SSSR count). The highest BCUT2D eigenvalue weighted by atomic mass is 16.5. The van der Waals surface area contributed by atoms with Crippen molar-refractivity contribution in [3.63, 3.8) is 0 Å². The van der Waals surface area contributed by atoms with Crippen molar-refractivity contribution in [2.45, 2.75) is 6.92 Å². The number of ether oxygens (including phenoxy) is 1. The van der Waals surface area contributed by atoms with Crippen LogP contribution in [0.25, 0.3) is 16.7 Å². The maximum Gasteiger partial charge on any atom is 0.343 e. The first-order valence-corrected chi connectivity index (χ1v) is 12.0. The summed E-state index contributed by atoms with van der Waals surface area (Å²) in [7, 11) is 2.14. The Morgan fingerprint density at radius 3 is 2.53 bits per heavy atom. The predicted molar refractivity (Wildman–Crippen MR) is 141 cm³/mol. The van der Waals surface area contributed by atoms with Gasteiger partial charge in [-0.25, -0.2) is 9.78 Å². The maximum atomic E-state index is 13.1. The Morgan fingerprint density at radius 2 is 1.78 bits per heavy atom. The molecule has 9 heteroatoms. The highest BCUT2D eigenvalue weighted by Gasteiger charge is 2.19. The molecular formula is C27H28N6O3. The number of pyridine rings is 1. The minimum absolute atomic E-state index is 0.0580. The third kappa shape index (κ3) is 4.78. The molecule has 3 heterocycles. The zero-order valence-corrected chi connectivity index (χ0v) is 20.3. The minimum Gasteiger partial charge on any atom is -0.462 e. The van der Waals surface area contributed by atoms with Gasteiger partial charge in [0.2, 0.25) is 11.4 Å². The first-order valence-electron chi connectivity index (χ1n) is 12.0. The zero-order chi connectivity index (χ0) is 25.1. The summed E-state index contributed by atoms with van der Waals surface area (Å²) in [4.78, 5) is 39.3. The van der Waals surface area contributed by atoms with E-state index in [0.29, 0.717) is 11.6 Å². The van der Waals surface area contributed by atoms with Crippen molar-refractivity contribution in [1.82, 2.24) is 19.4 Å². The predicted octanol–water partition coefficient (Wildman–Crippen LogP) is 3.45. The van der Waals surface area contributed by atoms with Gasteiger partial charge >= 0.3 is 5.97 Å². The molecule has 1 fully saturated rings. The number of fused-ring (bicyclic) bond motifs is 1. The van der Waals surface area contributed by atoms with Gasteiger partial charge in [0, 0.05) is 55.6 Å². The Labute approximate surface area is 209 Å². The van der Waals surface area contributed by atoms with Crippen molar-refractivity contribution >= 4 is 34.3 Å². The molecule has 0 atom stereocenters. The van der Waals surface area contributed by atoms with Crippen LogP contribution in [-0.2, 0) is 4.74 Å². The second-order valence-corrected chi connectivity index (χ2v) is 8.69. The topological polar surface area (TPSA) is 92.6 Å². The Bertz CT molecular complexity index is 1450. The lowest BCUT2D eigenvalue weighted by molar-refractivity contribution is 0.0524. The molecule has 0 unspecified atom stereocenters. The third-order valence-corrected chi connectivity index (χ3v) is 6.24. The summed E-state index contributed by atoms with van der Waals surface area (Å²) < 4.78 is 6.83. The SMILES string of the molecule is CCOC(=O)c1cn(-c2ccccc2)c2nc(Nc3cccc(N4CCN(C)CC4)c3)ncc2c1=O. The molecular weight excluding hydrogens is 456 g/mol. The Kier molecular flexibility index (Phi) is 6.64. The molecule has 1 aliphatic rings. The average Bonchev–Trinajstić information content (AvgIpc) is 2.90. The maximum absolute atomic E-state index is 13.1. The summed E-state index contributed by atoms with van der Waals surface area (Å²) in [6.45, 7) is 5.87. The highest BCUT2D eigenvalue weighted by Crippen LogP contribution is 2.24. The van der Waals surface area contributed by atoms with E-state index in [1.54, 1.807) is 11.5 Å². The number of anilines is 3. The Balaban J connectivity index is 1.53. The third-order valence-electron chi connectivity index (χ3n) is 6.24. The van der Waals surface area contributed by atoms with E-state index in [9.17, 15) is 9.59 Å².